The van der Waals surface area contributed by atoms with E-state index < -0.39 is 18.5 Å². The number of phenols is 1. The van der Waals surface area contributed by atoms with E-state index >= 15 is 0 Å². The fraction of sp³-hybridized carbons (Fsp3) is 0.600. The van der Waals surface area contributed by atoms with Gasteiger partial charge in [0.05, 0.1) is 0 Å². The molecule has 0 spiro atoms. The van der Waals surface area contributed by atoms with Gasteiger partial charge in [-0.05, 0) is 49.1 Å². The van der Waals surface area contributed by atoms with Crippen molar-refractivity contribution in [1.29, 1.82) is 0 Å². The van der Waals surface area contributed by atoms with Gasteiger partial charge in [0, 0.05) is 0 Å². The Balaban J connectivity index is 1.91. The van der Waals surface area contributed by atoms with Crippen molar-refractivity contribution in [2.45, 2.75) is 53.1 Å². The molecule has 2 rings (SSSR count). The second-order valence-corrected chi connectivity index (χ2v) is 7.40. The van der Waals surface area contributed by atoms with Crippen LogP contribution < -0.4 is 0 Å². The second kappa shape index (κ2) is 8.37. The summed E-state index contributed by atoms with van der Waals surface area (Å²) < 4.78 is 10.6. The summed E-state index contributed by atoms with van der Waals surface area (Å²) in [5.74, 6) is -0.0731. The Labute approximate surface area is 149 Å². The van der Waals surface area contributed by atoms with Crippen LogP contribution in [0.25, 0.3) is 0 Å². The minimum atomic E-state index is -0.726. The van der Waals surface area contributed by atoms with E-state index in [1.165, 1.54) is 6.07 Å². The van der Waals surface area contributed by atoms with E-state index in [9.17, 15) is 14.7 Å². The van der Waals surface area contributed by atoms with Gasteiger partial charge in [-0.1, -0.05) is 39.3 Å². The molecule has 138 valence electrons. The lowest BCUT2D eigenvalue weighted by Crippen LogP contribution is -2.36. The van der Waals surface area contributed by atoms with Crippen molar-refractivity contribution >= 4 is 11.9 Å². The van der Waals surface area contributed by atoms with E-state index in [0.717, 1.165) is 19.3 Å². The van der Waals surface area contributed by atoms with E-state index in [4.69, 9.17) is 9.47 Å². The standard InChI is InChI=1S/C20H28O5/c1-12(2)15-9-8-13(3)10-17(15)25-18(21)11-24-20(23)16-7-5-6-14(4)19(16)22/h5-7,12-13,15,17,22H,8-11H2,1-4H3/t13-,15-,17+/m1/s1. The topological polar surface area (TPSA) is 72.8 Å². The number of hydrogen-bond acceptors (Lipinski definition) is 5. The molecule has 0 bridgehead atoms. The number of aryl methyl sites for hydroxylation is 1. The molecule has 0 amide bonds. The summed E-state index contributed by atoms with van der Waals surface area (Å²) in [6.07, 6.45) is 2.93. The fourth-order valence-electron chi connectivity index (χ4n) is 3.48. The van der Waals surface area contributed by atoms with E-state index in [0.29, 0.717) is 23.3 Å². The molecule has 0 unspecified atom stereocenters. The zero-order valence-electron chi connectivity index (χ0n) is 15.5. The first kappa shape index (κ1) is 19.3. The highest BCUT2D eigenvalue weighted by atomic mass is 16.6. The number of benzene rings is 1. The third kappa shape index (κ3) is 4.97. The number of aromatic hydroxyl groups is 1. The lowest BCUT2D eigenvalue weighted by molar-refractivity contribution is -0.159. The highest BCUT2D eigenvalue weighted by molar-refractivity contribution is 5.93. The number of carbonyl (C=O) groups excluding carboxylic acids is 2. The van der Waals surface area contributed by atoms with Gasteiger partial charge in [0.1, 0.15) is 17.4 Å². The SMILES string of the molecule is Cc1cccc(C(=O)OCC(=O)O[C@H]2C[C@H](C)CC[C@@H]2C(C)C)c1O. The number of para-hydroxylation sites is 1. The Morgan fingerprint density at radius 3 is 2.68 bits per heavy atom. The first-order valence-corrected chi connectivity index (χ1v) is 8.94. The summed E-state index contributed by atoms with van der Waals surface area (Å²) in [6.45, 7) is 7.70. The van der Waals surface area contributed by atoms with Gasteiger partial charge in [0.25, 0.3) is 0 Å². The van der Waals surface area contributed by atoms with Crippen LogP contribution in [0.4, 0.5) is 0 Å². The molecule has 1 aromatic rings. The van der Waals surface area contributed by atoms with Gasteiger partial charge in [-0.25, -0.2) is 9.59 Å². The molecule has 3 atom stereocenters. The first-order valence-electron chi connectivity index (χ1n) is 8.94. The van der Waals surface area contributed by atoms with Gasteiger partial charge in [-0.2, -0.15) is 0 Å². The molecule has 1 N–H and O–H groups in total. The smallest absolute Gasteiger partial charge is 0.344 e. The number of esters is 2. The van der Waals surface area contributed by atoms with Crippen LogP contribution in [0.3, 0.4) is 0 Å². The van der Waals surface area contributed by atoms with Crippen molar-refractivity contribution in [2.24, 2.45) is 17.8 Å². The van der Waals surface area contributed by atoms with Gasteiger partial charge < -0.3 is 14.6 Å². The number of hydrogen-bond donors (Lipinski definition) is 1. The molecule has 0 heterocycles. The third-order valence-corrected chi connectivity index (χ3v) is 5.02. The molecular weight excluding hydrogens is 320 g/mol. The molecule has 0 saturated heterocycles. The Morgan fingerprint density at radius 1 is 1.28 bits per heavy atom. The fourth-order valence-corrected chi connectivity index (χ4v) is 3.48. The van der Waals surface area contributed by atoms with Crippen molar-refractivity contribution in [1.82, 2.24) is 0 Å². The van der Waals surface area contributed by atoms with Crippen LogP contribution >= 0.6 is 0 Å². The molecule has 5 heteroatoms. The quantitative estimate of drug-likeness (QED) is 0.818. The Kier molecular flexibility index (Phi) is 6.45. The highest BCUT2D eigenvalue weighted by Crippen LogP contribution is 2.35. The largest absolute Gasteiger partial charge is 0.507 e. The molecule has 25 heavy (non-hydrogen) atoms. The van der Waals surface area contributed by atoms with E-state index in [1.54, 1.807) is 19.1 Å². The summed E-state index contributed by atoms with van der Waals surface area (Å²) >= 11 is 0. The second-order valence-electron chi connectivity index (χ2n) is 7.40. The minimum absolute atomic E-state index is 0.0548. The van der Waals surface area contributed by atoms with Gasteiger partial charge in [-0.15, -0.1) is 0 Å². The molecule has 5 nitrogen and oxygen atoms in total. The molecule has 1 aromatic carbocycles. The van der Waals surface area contributed by atoms with Crippen LogP contribution in [-0.2, 0) is 14.3 Å². The van der Waals surface area contributed by atoms with Crippen LogP contribution in [0, 0.1) is 24.7 Å². The van der Waals surface area contributed by atoms with Crippen molar-refractivity contribution in [3.8, 4) is 5.75 Å². The maximum atomic E-state index is 12.1. The van der Waals surface area contributed by atoms with E-state index in [-0.39, 0.29) is 17.4 Å². The van der Waals surface area contributed by atoms with E-state index in [1.807, 2.05) is 0 Å². The van der Waals surface area contributed by atoms with Crippen molar-refractivity contribution in [3.63, 3.8) is 0 Å². The van der Waals surface area contributed by atoms with Crippen LogP contribution in [0.5, 0.6) is 5.75 Å². The Bertz CT molecular complexity index is 623. The summed E-state index contributed by atoms with van der Waals surface area (Å²) in [7, 11) is 0. The first-order chi connectivity index (χ1) is 11.8. The molecule has 1 fully saturated rings. The van der Waals surface area contributed by atoms with Gasteiger partial charge in [0.2, 0.25) is 0 Å². The molecule has 1 aliphatic rings. The Morgan fingerprint density at radius 2 is 2.00 bits per heavy atom. The van der Waals surface area contributed by atoms with Crippen molar-refractivity contribution < 1.29 is 24.2 Å². The highest BCUT2D eigenvalue weighted by Gasteiger charge is 2.33. The van der Waals surface area contributed by atoms with Crippen LogP contribution in [0.1, 0.15) is 56.0 Å². The lowest BCUT2D eigenvalue weighted by Gasteiger charge is -2.36. The van der Waals surface area contributed by atoms with Crippen molar-refractivity contribution in [3.05, 3.63) is 29.3 Å². The molecular formula is C20H28O5. The Hall–Kier alpha value is -2.04. The molecule has 1 aliphatic carbocycles. The maximum absolute atomic E-state index is 12.1. The number of phenolic OH excluding ortho intramolecular Hbond substituents is 1. The van der Waals surface area contributed by atoms with Crippen LogP contribution in [0.15, 0.2) is 18.2 Å². The molecule has 0 aromatic heterocycles. The zero-order chi connectivity index (χ0) is 18.6. The molecule has 1 saturated carbocycles. The zero-order valence-corrected chi connectivity index (χ0v) is 15.5. The third-order valence-electron chi connectivity index (χ3n) is 5.02. The predicted octanol–water partition coefficient (Wildman–Crippen LogP) is 3.86. The molecule has 0 aliphatic heterocycles. The normalized spacial score (nSPS) is 23.3. The van der Waals surface area contributed by atoms with Crippen LogP contribution in [0.2, 0.25) is 0 Å². The molecule has 0 radical (unpaired) electrons. The average Bonchev–Trinajstić information content (AvgIpc) is 2.55. The summed E-state index contributed by atoms with van der Waals surface area (Å²) in [5, 5.41) is 9.90. The minimum Gasteiger partial charge on any atom is -0.507 e. The average molecular weight is 348 g/mol. The number of rotatable bonds is 5. The summed E-state index contributed by atoms with van der Waals surface area (Å²) in [5.41, 5.74) is 0.632. The monoisotopic (exact) mass is 348 g/mol. The number of carbonyl (C=O) groups is 2. The van der Waals surface area contributed by atoms with Gasteiger partial charge in [-0.3, -0.25) is 0 Å². The van der Waals surface area contributed by atoms with Gasteiger partial charge >= 0.3 is 11.9 Å². The summed E-state index contributed by atoms with van der Waals surface area (Å²) in [6, 6.07) is 4.81. The van der Waals surface area contributed by atoms with Gasteiger partial charge in [0.15, 0.2) is 6.61 Å². The van der Waals surface area contributed by atoms with E-state index in [2.05, 4.69) is 20.8 Å². The lowest BCUT2D eigenvalue weighted by atomic mass is 9.75. The van der Waals surface area contributed by atoms with Crippen LogP contribution in [-0.4, -0.2) is 29.8 Å². The number of ether oxygens (including phenoxy) is 2. The van der Waals surface area contributed by atoms with Crippen molar-refractivity contribution in [2.75, 3.05) is 6.61 Å². The summed E-state index contributed by atoms with van der Waals surface area (Å²) in [4.78, 5) is 24.2. The predicted molar refractivity (Wildman–Crippen MR) is 94.3 cm³/mol. The maximum Gasteiger partial charge on any atom is 0.344 e.